The van der Waals surface area contributed by atoms with Crippen LogP contribution < -0.4 is 11.0 Å². The fourth-order valence-electron chi connectivity index (χ4n) is 3.46. The van der Waals surface area contributed by atoms with Gasteiger partial charge in [-0.2, -0.15) is 5.10 Å². The van der Waals surface area contributed by atoms with Crippen LogP contribution in [0.3, 0.4) is 0 Å². The molecule has 26 heavy (non-hydrogen) atoms. The van der Waals surface area contributed by atoms with Crippen molar-refractivity contribution in [3.63, 3.8) is 0 Å². The average Bonchev–Trinajstić information content (AvgIpc) is 3.44. The maximum Gasteiger partial charge on any atom is 0.346 e. The molecule has 1 atom stereocenters. The van der Waals surface area contributed by atoms with Crippen LogP contribution >= 0.6 is 0 Å². The normalized spacial score (nSPS) is 20.4. The van der Waals surface area contributed by atoms with E-state index >= 15 is 0 Å². The van der Waals surface area contributed by atoms with Crippen LogP contribution in [0.4, 0.5) is 4.79 Å². The molecule has 0 spiro atoms. The SMILES string of the molecule is COCCNC(=O)N1CCCC(c2nn(CCOC)c(=O)n2C2CC2)C1. The van der Waals surface area contributed by atoms with Gasteiger partial charge in [0.25, 0.3) is 0 Å². The Kier molecular flexibility index (Phi) is 6.31. The molecule has 146 valence electrons. The number of urea groups is 1. The first kappa shape index (κ1) is 18.9. The number of nitrogens with zero attached hydrogens (tertiary/aromatic N) is 4. The first-order chi connectivity index (χ1) is 12.7. The van der Waals surface area contributed by atoms with Gasteiger partial charge >= 0.3 is 11.7 Å². The highest BCUT2D eigenvalue weighted by Crippen LogP contribution is 2.37. The highest BCUT2D eigenvalue weighted by molar-refractivity contribution is 5.74. The van der Waals surface area contributed by atoms with Crippen LogP contribution in [0.1, 0.15) is 43.5 Å². The number of amides is 2. The van der Waals surface area contributed by atoms with Crippen LogP contribution in [-0.2, 0) is 16.0 Å². The molecule has 2 heterocycles. The summed E-state index contributed by atoms with van der Waals surface area (Å²) in [6.07, 6.45) is 3.90. The van der Waals surface area contributed by atoms with E-state index in [9.17, 15) is 9.59 Å². The molecule has 0 aromatic carbocycles. The lowest BCUT2D eigenvalue weighted by Gasteiger charge is -2.32. The van der Waals surface area contributed by atoms with E-state index in [0.29, 0.717) is 32.8 Å². The van der Waals surface area contributed by atoms with Crippen LogP contribution in [-0.4, -0.2) is 72.3 Å². The second-order valence-electron chi connectivity index (χ2n) is 6.97. The number of carbonyl (C=O) groups is 1. The largest absolute Gasteiger partial charge is 0.383 e. The molecule has 9 nitrogen and oxygen atoms in total. The van der Waals surface area contributed by atoms with Gasteiger partial charge in [-0.05, 0) is 25.7 Å². The number of ether oxygens (including phenoxy) is 2. The van der Waals surface area contributed by atoms with Crippen LogP contribution in [0.5, 0.6) is 0 Å². The second-order valence-corrected chi connectivity index (χ2v) is 6.97. The van der Waals surface area contributed by atoms with E-state index in [2.05, 4.69) is 10.4 Å². The number of piperidine rings is 1. The zero-order valence-corrected chi connectivity index (χ0v) is 15.6. The van der Waals surface area contributed by atoms with Crippen molar-refractivity contribution in [3.05, 3.63) is 16.3 Å². The van der Waals surface area contributed by atoms with Gasteiger partial charge in [-0.3, -0.25) is 4.57 Å². The molecule has 1 unspecified atom stereocenters. The molecule has 1 N–H and O–H groups in total. The molecule has 2 fully saturated rings. The molecule has 1 aliphatic heterocycles. The first-order valence-corrected chi connectivity index (χ1v) is 9.35. The number of carbonyl (C=O) groups excluding carboxylic acids is 1. The number of rotatable bonds is 8. The lowest BCUT2D eigenvalue weighted by atomic mass is 9.97. The Bertz CT molecular complexity index is 667. The Hall–Kier alpha value is -1.87. The maximum atomic E-state index is 12.7. The summed E-state index contributed by atoms with van der Waals surface area (Å²) >= 11 is 0. The fourth-order valence-corrected chi connectivity index (χ4v) is 3.46. The third kappa shape index (κ3) is 4.27. The predicted octanol–water partition coefficient (Wildman–Crippen LogP) is 0.562. The molecule has 1 aromatic rings. The molecule has 1 saturated carbocycles. The predicted molar refractivity (Wildman–Crippen MR) is 95.5 cm³/mol. The second kappa shape index (κ2) is 8.68. The molecule has 1 saturated heterocycles. The van der Waals surface area contributed by atoms with E-state index in [1.807, 2.05) is 9.47 Å². The average molecular weight is 367 g/mol. The molecule has 1 aromatic heterocycles. The lowest BCUT2D eigenvalue weighted by molar-refractivity contribution is 0.166. The van der Waals surface area contributed by atoms with Crippen molar-refractivity contribution in [1.29, 1.82) is 0 Å². The lowest BCUT2D eigenvalue weighted by Crippen LogP contribution is -2.46. The highest BCUT2D eigenvalue weighted by Gasteiger charge is 2.35. The van der Waals surface area contributed by atoms with Crippen LogP contribution in [0.25, 0.3) is 0 Å². The number of likely N-dealkylation sites (tertiary alicyclic amines) is 1. The number of methoxy groups -OCH3 is 2. The summed E-state index contributed by atoms with van der Waals surface area (Å²) in [6, 6.07) is 0.186. The van der Waals surface area contributed by atoms with Gasteiger partial charge in [0.2, 0.25) is 0 Å². The van der Waals surface area contributed by atoms with Gasteiger partial charge in [0.1, 0.15) is 5.82 Å². The van der Waals surface area contributed by atoms with Gasteiger partial charge in [0.15, 0.2) is 0 Å². The van der Waals surface area contributed by atoms with Gasteiger partial charge in [0, 0.05) is 45.8 Å². The fraction of sp³-hybridized carbons (Fsp3) is 0.824. The molecular weight excluding hydrogens is 338 g/mol. The minimum absolute atomic E-state index is 0.0544. The van der Waals surface area contributed by atoms with Gasteiger partial charge in [-0.1, -0.05) is 0 Å². The van der Waals surface area contributed by atoms with E-state index in [0.717, 1.165) is 38.1 Å². The van der Waals surface area contributed by atoms with Crippen molar-refractivity contribution < 1.29 is 14.3 Å². The summed E-state index contributed by atoms with van der Waals surface area (Å²) in [7, 11) is 3.23. The van der Waals surface area contributed by atoms with Crippen molar-refractivity contribution in [2.45, 2.75) is 44.2 Å². The molecule has 2 aliphatic rings. The number of hydrogen-bond acceptors (Lipinski definition) is 5. The third-order valence-electron chi connectivity index (χ3n) is 4.97. The summed E-state index contributed by atoms with van der Waals surface area (Å²) in [4.78, 5) is 26.9. The minimum atomic E-state index is -0.0779. The van der Waals surface area contributed by atoms with Crippen molar-refractivity contribution in [2.75, 3.05) is 47.1 Å². The van der Waals surface area contributed by atoms with E-state index in [1.54, 1.807) is 14.2 Å². The van der Waals surface area contributed by atoms with Crippen LogP contribution in [0, 0.1) is 0 Å². The van der Waals surface area contributed by atoms with Crippen LogP contribution in [0.2, 0.25) is 0 Å². The van der Waals surface area contributed by atoms with Gasteiger partial charge < -0.3 is 19.7 Å². The van der Waals surface area contributed by atoms with E-state index in [1.165, 1.54) is 4.68 Å². The summed E-state index contributed by atoms with van der Waals surface area (Å²) in [5.41, 5.74) is -0.0544. The topological polar surface area (TPSA) is 90.6 Å². The highest BCUT2D eigenvalue weighted by atomic mass is 16.5. The van der Waals surface area contributed by atoms with Crippen molar-refractivity contribution >= 4 is 6.03 Å². The molecule has 0 bridgehead atoms. The van der Waals surface area contributed by atoms with Gasteiger partial charge in [-0.15, -0.1) is 0 Å². The standard InChI is InChI=1S/C17H29N5O4/c1-25-10-7-18-16(23)20-8-3-4-13(12-20)15-19-21(9-11-26-2)17(24)22(15)14-5-6-14/h13-14H,3-12H2,1-2H3,(H,18,23). The Morgan fingerprint density at radius 2 is 2.00 bits per heavy atom. The van der Waals surface area contributed by atoms with E-state index in [4.69, 9.17) is 9.47 Å². The smallest absolute Gasteiger partial charge is 0.346 e. The molecule has 3 rings (SSSR count). The number of hydrogen-bond donors (Lipinski definition) is 1. The van der Waals surface area contributed by atoms with Crippen LogP contribution in [0.15, 0.2) is 4.79 Å². The van der Waals surface area contributed by atoms with Crippen molar-refractivity contribution in [3.8, 4) is 0 Å². The Morgan fingerprint density at radius 3 is 2.69 bits per heavy atom. The summed E-state index contributed by atoms with van der Waals surface area (Å²) in [5, 5.41) is 7.48. The Balaban J connectivity index is 1.73. The summed E-state index contributed by atoms with van der Waals surface area (Å²) < 4.78 is 13.4. The Morgan fingerprint density at radius 1 is 1.23 bits per heavy atom. The quantitative estimate of drug-likeness (QED) is 0.678. The number of aromatic nitrogens is 3. The third-order valence-corrected chi connectivity index (χ3v) is 4.97. The minimum Gasteiger partial charge on any atom is -0.383 e. The van der Waals surface area contributed by atoms with Crippen molar-refractivity contribution in [1.82, 2.24) is 24.6 Å². The summed E-state index contributed by atoms with van der Waals surface area (Å²) in [5.74, 6) is 0.914. The first-order valence-electron chi connectivity index (χ1n) is 9.35. The molecule has 0 radical (unpaired) electrons. The molecular formula is C17H29N5O4. The zero-order chi connectivity index (χ0) is 18.5. The Labute approximate surface area is 153 Å². The van der Waals surface area contributed by atoms with E-state index < -0.39 is 0 Å². The van der Waals surface area contributed by atoms with Crippen molar-refractivity contribution in [2.24, 2.45) is 0 Å². The molecule has 1 aliphatic carbocycles. The van der Waals surface area contributed by atoms with E-state index in [-0.39, 0.29) is 23.7 Å². The summed E-state index contributed by atoms with van der Waals surface area (Å²) in [6.45, 7) is 3.22. The van der Waals surface area contributed by atoms with Gasteiger partial charge in [0.05, 0.1) is 19.8 Å². The maximum absolute atomic E-state index is 12.7. The van der Waals surface area contributed by atoms with Gasteiger partial charge in [-0.25, -0.2) is 14.3 Å². The number of nitrogens with one attached hydrogen (secondary N) is 1. The monoisotopic (exact) mass is 367 g/mol. The molecule has 9 heteroatoms. The molecule has 2 amide bonds. The zero-order valence-electron chi connectivity index (χ0n) is 15.6.